The summed E-state index contributed by atoms with van der Waals surface area (Å²) in [4.78, 5) is 22.3. The summed E-state index contributed by atoms with van der Waals surface area (Å²) >= 11 is 0. The molecule has 108 valence electrons. The van der Waals surface area contributed by atoms with Crippen molar-refractivity contribution >= 4 is 17.3 Å². The van der Waals surface area contributed by atoms with Crippen molar-refractivity contribution in [3.63, 3.8) is 0 Å². The average molecular weight is 288 g/mol. The van der Waals surface area contributed by atoms with Crippen molar-refractivity contribution in [1.82, 2.24) is 0 Å². The first-order valence-electron chi connectivity index (χ1n) is 6.21. The number of amides is 1. The summed E-state index contributed by atoms with van der Waals surface area (Å²) in [7, 11) is 0. The number of carbonyl (C=O) groups is 1. The number of aryl methyl sites for hydroxylation is 2. The second-order valence-corrected chi connectivity index (χ2v) is 4.67. The smallest absolute Gasteiger partial charge is 0.271 e. The van der Waals surface area contributed by atoms with Gasteiger partial charge in [0, 0.05) is 17.7 Å². The van der Waals surface area contributed by atoms with Crippen LogP contribution < -0.4 is 5.32 Å². The number of nitro groups is 1. The topological polar surface area (TPSA) is 72.2 Å². The van der Waals surface area contributed by atoms with E-state index in [1.54, 1.807) is 19.9 Å². The number of rotatable bonds is 3. The highest BCUT2D eigenvalue weighted by Crippen LogP contribution is 2.22. The minimum atomic E-state index is -0.531. The van der Waals surface area contributed by atoms with Crippen molar-refractivity contribution in [1.29, 1.82) is 0 Å². The van der Waals surface area contributed by atoms with E-state index in [0.717, 1.165) is 0 Å². The highest BCUT2D eigenvalue weighted by Gasteiger charge is 2.13. The Bertz CT molecular complexity index is 729. The number of nitro benzene ring substituents is 1. The Balaban J connectivity index is 2.28. The van der Waals surface area contributed by atoms with E-state index in [1.807, 2.05) is 0 Å². The first kappa shape index (κ1) is 14.6. The molecule has 0 aliphatic heterocycles. The molecule has 1 N–H and O–H groups in total. The van der Waals surface area contributed by atoms with Crippen LogP contribution in [-0.4, -0.2) is 10.8 Å². The van der Waals surface area contributed by atoms with Gasteiger partial charge in [-0.25, -0.2) is 4.39 Å². The predicted molar refractivity (Wildman–Crippen MR) is 76.9 cm³/mol. The summed E-state index contributed by atoms with van der Waals surface area (Å²) < 4.78 is 13.2. The third-order valence-electron chi connectivity index (χ3n) is 3.10. The molecule has 6 heteroatoms. The highest BCUT2D eigenvalue weighted by atomic mass is 19.1. The SMILES string of the molecule is Cc1cc(C(=O)Nc2cc([N+](=O)[O-])ccc2C)ccc1F. The molecule has 5 nitrogen and oxygen atoms in total. The summed E-state index contributed by atoms with van der Waals surface area (Å²) in [5, 5.41) is 13.4. The second kappa shape index (κ2) is 5.70. The number of benzene rings is 2. The van der Waals surface area contributed by atoms with Gasteiger partial charge in [-0.05, 0) is 43.2 Å². The lowest BCUT2D eigenvalue weighted by atomic mass is 10.1. The summed E-state index contributed by atoms with van der Waals surface area (Å²) in [6, 6.07) is 8.23. The maximum Gasteiger partial charge on any atom is 0.271 e. The van der Waals surface area contributed by atoms with E-state index < -0.39 is 16.6 Å². The zero-order valence-electron chi connectivity index (χ0n) is 11.5. The molecule has 0 saturated carbocycles. The fraction of sp³-hybridized carbons (Fsp3) is 0.133. The summed E-state index contributed by atoms with van der Waals surface area (Å²) in [6.07, 6.45) is 0. The van der Waals surface area contributed by atoms with E-state index in [1.165, 1.54) is 30.3 Å². The van der Waals surface area contributed by atoms with Crippen LogP contribution in [0, 0.1) is 29.8 Å². The van der Waals surface area contributed by atoms with Gasteiger partial charge in [-0.3, -0.25) is 14.9 Å². The zero-order chi connectivity index (χ0) is 15.6. The van der Waals surface area contributed by atoms with Crippen LogP contribution in [-0.2, 0) is 0 Å². The molecule has 0 unspecified atom stereocenters. The summed E-state index contributed by atoms with van der Waals surface area (Å²) in [5.41, 5.74) is 1.60. The van der Waals surface area contributed by atoms with Gasteiger partial charge >= 0.3 is 0 Å². The fourth-order valence-corrected chi connectivity index (χ4v) is 1.84. The molecule has 1 amide bonds. The van der Waals surface area contributed by atoms with Crippen molar-refractivity contribution in [3.05, 3.63) is 69.0 Å². The molecular formula is C15H13FN2O3. The molecule has 0 saturated heterocycles. The maximum absolute atomic E-state index is 13.2. The minimum Gasteiger partial charge on any atom is -0.321 e. The first-order chi connectivity index (χ1) is 9.88. The van der Waals surface area contributed by atoms with E-state index in [9.17, 15) is 19.3 Å². The van der Waals surface area contributed by atoms with Crippen molar-refractivity contribution < 1.29 is 14.1 Å². The van der Waals surface area contributed by atoms with Crippen LogP contribution in [0.2, 0.25) is 0 Å². The number of anilines is 1. The third kappa shape index (κ3) is 3.22. The molecule has 0 aliphatic rings. The lowest BCUT2D eigenvalue weighted by Gasteiger charge is -2.09. The predicted octanol–water partition coefficient (Wildman–Crippen LogP) is 3.60. The van der Waals surface area contributed by atoms with Gasteiger partial charge in [0.05, 0.1) is 10.6 Å². The monoisotopic (exact) mass is 288 g/mol. The highest BCUT2D eigenvalue weighted by molar-refractivity contribution is 6.04. The lowest BCUT2D eigenvalue weighted by Crippen LogP contribution is -2.13. The molecule has 0 radical (unpaired) electrons. The van der Waals surface area contributed by atoms with E-state index >= 15 is 0 Å². The summed E-state index contributed by atoms with van der Waals surface area (Å²) in [6.45, 7) is 3.29. The lowest BCUT2D eigenvalue weighted by molar-refractivity contribution is -0.384. The normalized spacial score (nSPS) is 10.2. The van der Waals surface area contributed by atoms with E-state index in [-0.39, 0.29) is 5.69 Å². The largest absolute Gasteiger partial charge is 0.321 e. The second-order valence-electron chi connectivity index (χ2n) is 4.67. The van der Waals surface area contributed by atoms with Crippen LogP contribution in [0.4, 0.5) is 15.8 Å². The molecule has 0 bridgehead atoms. The molecule has 0 aromatic heterocycles. The molecule has 0 aliphatic carbocycles. The standard InChI is InChI=1S/C15H13FN2O3/c1-9-3-5-12(18(20)21)8-14(9)17-15(19)11-4-6-13(16)10(2)7-11/h3-8H,1-2H3,(H,17,19). The molecule has 2 rings (SSSR count). The Labute approximate surface area is 120 Å². The van der Waals surface area contributed by atoms with Crippen LogP contribution in [0.3, 0.4) is 0 Å². The first-order valence-corrected chi connectivity index (χ1v) is 6.21. The van der Waals surface area contributed by atoms with Crippen LogP contribution in [0.5, 0.6) is 0 Å². The number of nitrogens with one attached hydrogen (secondary N) is 1. The van der Waals surface area contributed by atoms with Crippen molar-refractivity contribution in [3.8, 4) is 0 Å². The van der Waals surface area contributed by atoms with Crippen LogP contribution in [0.25, 0.3) is 0 Å². The van der Waals surface area contributed by atoms with Crippen molar-refractivity contribution in [2.45, 2.75) is 13.8 Å². The molecule has 0 fully saturated rings. The molecule has 21 heavy (non-hydrogen) atoms. The molecule has 2 aromatic rings. The Hall–Kier alpha value is -2.76. The number of nitrogens with zero attached hydrogens (tertiary/aromatic N) is 1. The fourth-order valence-electron chi connectivity index (χ4n) is 1.84. The Morgan fingerprint density at radius 2 is 1.86 bits per heavy atom. The Morgan fingerprint density at radius 3 is 2.48 bits per heavy atom. The van der Waals surface area contributed by atoms with Gasteiger partial charge in [0.2, 0.25) is 0 Å². The quantitative estimate of drug-likeness (QED) is 0.692. The minimum absolute atomic E-state index is 0.105. The number of hydrogen-bond acceptors (Lipinski definition) is 3. The van der Waals surface area contributed by atoms with Crippen LogP contribution in [0.15, 0.2) is 36.4 Å². The Morgan fingerprint density at radius 1 is 1.14 bits per heavy atom. The maximum atomic E-state index is 13.2. The van der Waals surface area contributed by atoms with E-state index in [0.29, 0.717) is 22.4 Å². The molecule has 0 spiro atoms. The van der Waals surface area contributed by atoms with Crippen LogP contribution >= 0.6 is 0 Å². The van der Waals surface area contributed by atoms with Gasteiger partial charge in [-0.1, -0.05) is 6.07 Å². The van der Waals surface area contributed by atoms with Gasteiger partial charge in [0.15, 0.2) is 0 Å². The van der Waals surface area contributed by atoms with E-state index in [4.69, 9.17) is 0 Å². The van der Waals surface area contributed by atoms with Crippen molar-refractivity contribution in [2.75, 3.05) is 5.32 Å². The van der Waals surface area contributed by atoms with Crippen LogP contribution in [0.1, 0.15) is 21.5 Å². The molecule has 0 heterocycles. The van der Waals surface area contributed by atoms with E-state index in [2.05, 4.69) is 5.32 Å². The molecular weight excluding hydrogens is 275 g/mol. The van der Waals surface area contributed by atoms with Crippen molar-refractivity contribution in [2.24, 2.45) is 0 Å². The third-order valence-corrected chi connectivity index (χ3v) is 3.10. The number of halogens is 1. The van der Waals surface area contributed by atoms with Gasteiger partial charge in [-0.2, -0.15) is 0 Å². The summed E-state index contributed by atoms with van der Waals surface area (Å²) in [5.74, 6) is -0.834. The number of hydrogen-bond donors (Lipinski definition) is 1. The van der Waals surface area contributed by atoms with Gasteiger partial charge < -0.3 is 5.32 Å². The number of carbonyl (C=O) groups excluding carboxylic acids is 1. The average Bonchev–Trinajstić information content (AvgIpc) is 2.43. The number of non-ortho nitro benzene ring substituents is 1. The van der Waals surface area contributed by atoms with Gasteiger partial charge in [-0.15, -0.1) is 0 Å². The Kier molecular flexibility index (Phi) is 3.98. The molecule has 0 atom stereocenters. The molecule has 2 aromatic carbocycles. The van der Waals surface area contributed by atoms with Gasteiger partial charge in [0.25, 0.3) is 11.6 Å². The zero-order valence-corrected chi connectivity index (χ0v) is 11.5. The van der Waals surface area contributed by atoms with Gasteiger partial charge in [0.1, 0.15) is 5.82 Å².